The average molecular weight is 400 g/mol. The van der Waals surface area contributed by atoms with Crippen molar-refractivity contribution in [3.8, 4) is 0 Å². The quantitative estimate of drug-likeness (QED) is 0.573. The molecule has 0 bridgehead atoms. The topological polar surface area (TPSA) is 75.3 Å². The first-order chi connectivity index (χ1) is 13.4. The summed E-state index contributed by atoms with van der Waals surface area (Å²) < 4.78 is 13.6. The van der Waals surface area contributed by atoms with Gasteiger partial charge in [0.05, 0.1) is 11.2 Å². The van der Waals surface area contributed by atoms with Gasteiger partial charge in [-0.15, -0.1) is 11.8 Å². The number of halogens is 1. The summed E-state index contributed by atoms with van der Waals surface area (Å²) in [5, 5.41) is 5.20. The van der Waals surface area contributed by atoms with Gasteiger partial charge in [0.15, 0.2) is 0 Å². The lowest BCUT2D eigenvalue weighted by Crippen LogP contribution is -2.51. The second-order valence-electron chi connectivity index (χ2n) is 6.66. The zero-order chi connectivity index (χ0) is 20.1. The summed E-state index contributed by atoms with van der Waals surface area (Å²) in [6.07, 6.45) is 1.36. The van der Waals surface area contributed by atoms with Gasteiger partial charge >= 0.3 is 0 Å². The van der Waals surface area contributed by atoms with E-state index in [1.165, 1.54) is 6.07 Å². The van der Waals surface area contributed by atoms with Gasteiger partial charge in [0, 0.05) is 17.0 Å². The third-order valence-corrected chi connectivity index (χ3v) is 6.04. The minimum Gasteiger partial charge on any atom is -0.325 e. The maximum atomic E-state index is 13.6. The van der Waals surface area contributed by atoms with E-state index >= 15 is 0 Å². The molecule has 1 atom stereocenters. The Morgan fingerprint density at radius 2 is 1.89 bits per heavy atom. The van der Waals surface area contributed by atoms with Crippen LogP contribution in [0, 0.1) is 5.82 Å². The fourth-order valence-corrected chi connectivity index (χ4v) is 4.08. The summed E-state index contributed by atoms with van der Waals surface area (Å²) in [6.45, 7) is 1.92. The Labute approximate surface area is 167 Å². The number of anilines is 1. The summed E-state index contributed by atoms with van der Waals surface area (Å²) in [6, 6.07) is 13.4. The average Bonchev–Trinajstić information content (AvgIpc) is 2.69. The molecule has 7 heteroatoms. The van der Waals surface area contributed by atoms with Crippen molar-refractivity contribution < 1.29 is 18.8 Å². The Morgan fingerprint density at radius 3 is 2.54 bits per heavy atom. The minimum atomic E-state index is -0.725. The highest BCUT2D eigenvalue weighted by Gasteiger charge is 2.42. The van der Waals surface area contributed by atoms with Crippen LogP contribution in [0.4, 0.5) is 10.1 Å². The van der Waals surface area contributed by atoms with Crippen LogP contribution in [-0.2, 0) is 19.8 Å². The van der Waals surface area contributed by atoms with Gasteiger partial charge in [-0.25, -0.2) is 4.39 Å². The zero-order valence-corrected chi connectivity index (χ0v) is 16.3. The molecule has 1 aliphatic heterocycles. The van der Waals surface area contributed by atoms with Crippen LogP contribution < -0.4 is 10.6 Å². The third-order valence-electron chi connectivity index (χ3n) is 4.99. The van der Waals surface area contributed by atoms with Gasteiger partial charge in [0.25, 0.3) is 0 Å². The van der Waals surface area contributed by atoms with Gasteiger partial charge in [0.1, 0.15) is 5.82 Å². The summed E-state index contributed by atoms with van der Waals surface area (Å²) in [7, 11) is 0. The van der Waals surface area contributed by atoms with Gasteiger partial charge in [-0.2, -0.15) is 0 Å². The van der Waals surface area contributed by atoms with Crippen molar-refractivity contribution >= 4 is 35.2 Å². The second kappa shape index (κ2) is 8.56. The Morgan fingerprint density at radius 1 is 1.18 bits per heavy atom. The largest absolute Gasteiger partial charge is 0.325 e. The van der Waals surface area contributed by atoms with Crippen molar-refractivity contribution in [1.29, 1.82) is 0 Å². The number of nitrogens with one attached hydrogen (secondary N) is 2. The van der Waals surface area contributed by atoms with E-state index in [9.17, 15) is 18.8 Å². The molecule has 1 fully saturated rings. The summed E-state index contributed by atoms with van der Waals surface area (Å²) in [4.78, 5) is 36.5. The molecular formula is C21H21FN2O3S. The third kappa shape index (κ3) is 4.25. The number of amides is 3. The predicted octanol–water partition coefficient (Wildman–Crippen LogP) is 3.64. The van der Waals surface area contributed by atoms with E-state index in [4.69, 9.17) is 0 Å². The molecule has 0 spiro atoms. The fraction of sp³-hybridized carbons (Fsp3) is 0.286. The molecule has 146 valence electrons. The normalized spacial score (nSPS) is 19.2. The van der Waals surface area contributed by atoms with Crippen molar-refractivity contribution in [3.05, 3.63) is 59.9 Å². The maximum absolute atomic E-state index is 13.6. The van der Waals surface area contributed by atoms with Crippen molar-refractivity contribution in [1.82, 2.24) is 5.32 Å². The molecule has 0 aliphatic carbocycles. The maximum Gasteiger partial charge on any atom is 0.237 e. The Bertz CT molecular complexity index is 901. The molecule has 1 aliphatic rings. The van der Waals surface area contributed by atoms with Crippen molar-refractivity contribution in [2.45, 2.75) is 36.5 Å². The van der Waals surface area contributed by atoms with Gasteiger partial charge in [0.2, 0.25) is 17.7 Å². The van der Waals surface area contributed by atoms with Gasteiger partial charge < -0.3 is 5.32 Å². The molecule has 3 rings (SSSR count). The lowest BCUT2D eigenvalue weighted by Gasteiger charge is -2.35. The van der Waals surface area contributed by atoms with Gasteiger partial charge in [-0.1, -0.05) is 31.2 Å². The number of benzene rings is 2. The van der Waals surface area contributed by atoms with E-state index in [1.54, 1.807) is 42.5 Å². The van der Waals surface area contributed by atoms with Crippen LogP contribution in [0.25, 0.3) is 0 Å². The number of carbonyl (C=O) groups is 3. The smallest absolute Gasteiger partial charge is 0.237 e. The molecule has 0 aromatic heterocycles. The first-order valence-electron chi connectivity index (χ1n) is 9.06. The number of carbonyl (C=O) groups excluding carboxylic acids is 3. The van der Waals surface area contributed by atoms with Crippen LogP contribution in [0.15, 0.2) is 53.4 Å². The second-order valence-corrected chi connectivity index (χ2v) is 7.67. The molecule has 2 aromatic rings. The molecule has 2 aromatic carbocycles. The van der Waals surface area contributed by atoms with Gasteiger partial charge in [-0.3, -0.25) is 19.7 Å². The molecule has 1 heterocycles. The lowest BCUT2D eigenvalue weighted by molar-refractivity contribution is -0.138. The van der Waals surface area contributed by atoms with E-state index in [0.717, 1.165) is 17.3 Å². The van der Waals surface area contributed by atoms with E-state index in [0.29, 0.717) is 29.8 Å². The van der Waals surface area contributed by atoms with Crippen LogP contribution in [0.1, 0.15) is 31.7 Å². The zero-order valence-electron chi connectivity index (χ0n) is 15.5. The lowest BCUT2D eigenvalue weighted by atomic mass is 9.72. The van der Waals surface area contributed by atoms with Crippen molar-refractivity contribution in [2.24, 2.45) is 0 Å². The van der Waals surface area contributed by atoms with Crippen LogP contribution in [0.3, 0.4) is 0 Å². The minimum absolute atomic E-state index is 0.0894. The number of imide groups is 1. The van der Waals surface area contributed by atoms with E-state index in [1.807, 2.05) is 6.92 Å². The molecule has 1 unspecified atom stereocenters. The SMILES string of the molecule is CCC1(c2ccc(NC(=O)CSc3ccccc3F)cc2)CCC(=O)NC1=O. The summed E-state index contributed by atoms with van der Waals surface area (Å²) >= 11 is 1.13. The molecule has 5 nitrogen and oxygen atoms in total. The first kappa shape index (κ1) is 20.1. The number of hydrogen-bond donors (Lipinski definition) is 2. The fourth-order valence-electron chi connectivity index (χ4n) is 3.34. The highest BCUT2D eigenvalue weighted by molar-refractivity contribution is 8.00. The van der Waals surface area contributed by atoms with Crippen LogP contribution in [0.2, 0.25) is 0 Å². The first-order valence-corrected chi connectivity index (χ1v) is 10.0. The summed E-state index contributed by atoms with van der Waals surface area (Å²) in [5.74, 6) is -1.02. The summed E-state index contributed by atoms with van der Waals surface area (Å²) in [5.41, 5.74) is 0.692. The van der Waals surface area contributed by atoms with Crippen LogP contribution >= 0.6 is 11.8 Å². The van der Waals surface area contributed by atoms with E-state index < -0.39 is 5.41 Å². The standard InChI is InChI=1S/C21H21FN2O3S/c1-2-21(12-11-18(25)24-20(21)27)14-7-9-15(10-8-14)23-19(26)13-28-17-6-4-3-5-16(17)22/h3-10H,2,11-13H2,1H3,(H,23,26)(H,24,25,27). The Kier molecular flexibility index (Phi) is 6.14. The number of thioether (sulfide) groups is 1. The highest BCUT2D eigenvalue weighted by atomic mass is 32.2. The molecule has 28 heavy (non-hydrogen) atoms. The van der Waals surface area contributed by atoms with Crippen molar-refractivity contribution in [2.75, 3.05) is 11.1 Å². The van der Waals surface area contributed by atoms with Crippen LogP contribution in [-0.4, -0.2) is 23.5 Å². The molecule has 1 saturated heterocycles. The highest BCUT2D eigenvalue weighted by Crippen LogP contribution is 2.36. The molecule has 0 radical (unpaired) electrons. The number of hydrogen-bond acceptors (Lipinski definition) is 4. The Balaban J connectivity index is 1.64. The monoisotopic (exact) mass is 400 g/mol. The molecule has 0 saturated carbocycles. The van der Waals surface area contributed by atoms with Gasteiger partial charge in [-0.05, 0) is 42.7 Å². The molecule has 2 N–H and O–H groups in total. The molecule has 3 amide bonds. The number of piperidine rings is 1. The van der Waals surface area contributed by atoms with Crippen LogP contribution in [0.5, 0.6) is 0 Å². The molecular weight excluding hydrogens is 379 g/mol. The van der Waals surface area contributed by atoms with E-state index in [2.05, 4.69) is 10.6 Å². The predicted molar refractivity (Wildman–Crippen MR) is 107 cm³/mol. The number of rotatable bonds is 6. The van der Waals surface area contributed by atoms with Crippen molar-refractivity contribution in [3.63, 3.8) is 0 Å². The van der Waals surface area contributed by atoms with E-state index in [-0.39, 0.29) is 29.3 Å². The Hall–Kier alpha value is -2.67.